The minimum absolute atomic E-state index is 0.0296. The highest BCUT2D eigenvalue weighted by Gasteiger charge is 2.47. The van der Waals surface area contributed by atoms with Gasteiger partial charge in [0.2, 0.25) is 5.91 Å². The Labute approximate surface area is 210 Å². The molecule has 3 heterocycles. The van der Waals surface area contributed by atoms with Gasteiger partial charge in [-0.3, -0.25) is 14.5 Å². The number of amides is 4. The summed E-state index contributed by atoms with van der Waals surface area (Å²) in [7, 11) is 1.66. The Morgan fingerprint density at radius 2 is 1.71 bits per heavy atom. The van der Waals surface area contributed by atoms with Gasteiger partial charge >= 0.3 is 6.03 Å². The average molecular weight is 493 g/mol. The number of likely N-dealkylation sites (tertiary alicyclic amines) is 1. The van der Waals surface area contributed by atoms with Crippen molar-refractivity contribution < 1.29 is 14.4 Å². The highest BCUT2D eigenvalue weighted by Crippen LogP contribution is 2.39. The van der Waals surface area contributed by atoms with Gasteiger partial charge in [0, 0.05) is 31.6 Å². The van der Waals surface area contributed by atoms with E-state index in [1.165, 1.54) is 4.90 Å². The lowest BCUT2D eigenvalue weighted by molar-refractivity contribution is -0.143. The normalized spacial score (nSPS) is 21.2. The monoisotopic (exact) mass is 492 g/mol. The summed E-state index contributed by atoms with van der Waals surface area (Å²) in [4.78, 5) is 45.6. The Balaban J connectivity index is 1.51. The van der Waals surface area contributed by atoms with Crippen molar-refractivity contribution in [1.29, 1.82) is 0 Å². The van der Waals surface area contributed by atoms with Crippen LogP contribution in [0.3, 0.4) is 0 Å². The molecular weight excluding hydrogens is 464 g/mol. The third kappa shape index (κ3) is 4.41. The Bertz CT molecular complexity index is 1180. The molecule has 1 N–H and O–H groups in total. The van der Waals surface area contributed by atoms with Crippen LogP contribution < -0.4 is 5.32 Å². The van der Waals surface area contributed by atoms with Gasteiger partial charge in [-0.05, 0) is 36.5 Å². The molecule has 0 radical (unpaired) electrons. The molecule has 3 aliphatic heterocycles. The molecule has 0 aromatic heterocycles. The maximum absolute atomic E-state index is 14.0. The Kier molecular flexibility index (Phi) is 6.52. The zero-order valence-electron chi connectivity index (χ0n) is 19.7. The van der Waals surface area contributed by atoms with Gasteiger partial charge in [-0.15, -0.1) is 0 Å². The number of carbonyl (C=O) groups excluding carboxylic acids is 3. The number of rotatable bonds is 5. The summed E-state index contributed by atoms with van der Waals surface area (Å²) in [6, 6.07) is 15.4. The van der Waals surface area contributed by atoms with Crippen molar-refractivity contribution in [1.82, 2.24) is 20.0 Å². The number of piperidine rings is 1. The lowest BCUT2D eigenvalue weighted by atomic mass is 9.95. The first kappa shape index (κ1) is 23.4. The van der Waals surface area contributed by atoms with Crippen LogP contribution in [0, 0.1) is 0 Å². The second-order valence-electron chi connectivity index (χ2n) is 9.35. The molecule has 0 spiro atoms. The Morgan fingerprint density at radius 1 is 1.03 bits per heavy atom. The number of nitrogens with zero attached hydrogens (tertiary/aromatic N) is 3. The summed E-state index contributed by atoms with van der Waals surface area (Å²) in [5.41, 5.74) is 2.75. The number of carbonyl (C=O) groups is 3. The van der Waals surface area contributed by atoms with E-state index in [9.17, 15) is 14.4 Å². The molecule has 1 fully saturated rings. The number of halogens is 1. The SMILES string of the molecule is CN1C(=O)N[C@H](c2ccccc2Cl)C2=C1CN([C@H](Cc1ccccc1)C(=O)N1CCCCC1)C2=O. The Hall–Kier alpha value is -3.32. The minimum Gasteiger partial charge on any atom is -0.341 e. The number of hydrogen-bond donors (Lipinski definition) is 1. The van der Waals surface area contributed by atoms with Crippen LogP contribution in [-0.2, 0) is 16.0 Å². The predicted molar refractivity (Wildman–Crippen MR) is 134 cm³/mol. The van der Waals surface area contributed by atoms with Gasteiger partial charge in [-0.25, -0.2) is 4.79 Å². The second kappa shape index (κ2) is 9.74. The fourth-order valence-electron chi connectivity index (χ4n) is 5.28. The zero-order chi connectivity index (χ0) is 24.5. The van der Waals surface area contributed by atoms with E-state index in [0.29, 0.717) is 41.4 Å². The van der Waals surface area contributed by atoms with E-state index >= 15 is 0 Å². The van der Waals surface area contributed by atoms with Crippen molar-refractivity contribution in [2.24, 2.45) is 0 Å². The van der Waals surface area contributed by atoms with E-state index in [1.807, 2.05) is 53.4 Å². The summed E-state index contributed by atoms with van der Waals surface area (Å²) >= 11 is 6.46. The molecule has 1 saturated heterocycles. The molecule has 2 aromatic rings. The summed E-state index contributed by atoms with van der Waals surface area (Å²) in [5.74, 6) is -0.263. The number of hydrogen-bond acceptors (Lipinski definition) is 3. The maximum Gasteiger partial charge on any atom is 0.322 e. The molecule has 8 heteroatoms. The summed E-state index contributed by atoms with van der Waals surface area (Å²) < 4.78 is 0. The highest BCUT2D eigenvalue weighted by atomic mass is 35.5. The summed E-state index contributed by atoms with van der Waals surface area (Å²) in [5, 5.41) is 3.41. The van der Waals surface area contributed by atoms with Crippen LogP contribution in [0.2, 0.25) is 5.02 Å². The van der Waals surface area contributed by atoms with Crippen LogP contribution in [0.15, 0.2) is 65.9 Å². The first-order chi connectivity index (χ1) is 17.0. The molecular formula is C27H29ClN4O3. The first-order valence-corrected chi connectivity index (χ1v) is 12.5. The fraction of sp³-hybridized carbons (Fsp3) is 0.370. The molecule has 0 bridgehead atoms. The molecule has 5 rings (SSSR count). The van der Waals surface area contributed by atoms with E-state index in [-0.39, 0.29) is 24.4 Å². The molecule has 35 heavy (non-hydrogen) atoms. The van der Waals surface area contributed by atoms with E-state index in [1.54, 1.807) is 18.0 Å². The van der Waals surface area contributed by atoms with E-state index in [4.69, 9.17) is 11.6 Å². The summed E-state index contributed by atoms with van der Waals surface area (Å²) in [6.45, 7) is 1.62. The van der Waals surface area contributed by atoms with Crippen LogP contribution >= 0.6 is 11.6 Å². The third-order valence-corrected chi connectivity index (χ3v) is 7.55. The molecule has 4 amide bonds. The molecule has 2 aromatic carbocycles. The van der Waals surface area contributed by atoms with Crippen molar-refractivity contribution in [3.63, 3.8) is 0 Å². The third-order valence-electron chi connectivity index (χ3n) is 7.21. The lowest BCUT2D eigenvalue weighted by Crippen LogP contribution is -2.52. The van der Waals surface area contributed by atoms with Crippen molar-refractivity contribution in [3.05, 3.63) is 82.0 Å². The van der Waals surface area contributed by atoms with Crippen molar-refractivity contribution in [3.8, 4) is 0 Å². The maximum atomic E-state index is 14.0. The van der Waals surface area contributed by atoms with Gasteiger partial charge in [0.1, 0.15) is 6.04 Å². The van der Waals surface area contributed by atoms with E-state index in [0.717, 1.165) is 24.8 Å². The number of nitrogens with one attached hydrogen (secondary N) is 1. The van der Waals surface area contributed by atoms with Gasteiger partial charge in [0.25, 0.3) is 5.91 Å². The quantitative estimate of drug-likeness (QED) is 0.690. The van der Waals surface area contributed by atoms with Gasteiger partial charge in [0.15, 0.2) is 0 Å². The van der Waals surface area contributed by atoms with E-state index < -0.39 is 12.1 Å². The van der Waals surface area contributed by atoms with Crippen molar-refractivity contribution in [2.75, 3.05) is 26.7 Å². The largest absolute Gasteiger partial charge is 0.341 e. The minimum atomic E-state index is -0.664. The summed E-state index contributed by atoms with van der Waals surface area (Å²) in [6.07, 6.45) is 3.48. The zero-order valence-corrected chi connectivity index (χ0v) is 20.5. The predicted octanol–water partition coefficient (Wildman–Crippen LogP) is 3.76. The average Bonchev–Trinajstić information content (AvgIpc) is 3.23. The van der Waals surface area contributed by atoms with Gasteiger partial charge < -0.3 is 15.1 Å². The molecule has 0 aliphatic carbocycles. The van der Waals surface area contributed by atoms with Crippen LogP contribution in [0.4, 0.5) is 4.79 Å². The molecule has 182 valence electrons. The van der Waals surface area contributed by atoms with Crippen LogP contribution in [-0.4, -0.2) is 65.3 Å². The van der Waals surface area contributed by atoms with Crippen molar-refractivity contribution in [2.45, 2.75) is 37.8 Å². The van der Waals surface area contributed by atoms with Crippen LogP contribution in [0.25, 0.3) is 0 Å². The first-order valence-electron chi connectivity index (χ1n) is 12.1. The Morgan fingerprint density at radius 3 is 2.43 bits per heavy atom. The molecule has 3 aliphatic rings. The van der Waals surface area contributed by atoms with Gasteiger partial charge in [-0.2, -0.15) is 0 Å². The van der Waals surface area contributed by atoms with Crippen LogP contribution in [0.1, 0.15) is 36.4 Å². The number of likely N-dealkylation sites (N-methyl/N-ethyl adjacent to an activating group) is 1. The van der Waals surface area contributed by atoms with Crippen molar-refractivity contribution >= 4 is 29.4 Å². The topological polar surface area (TPSA) is 73.0 Å². The van der Waals surface area contributed by atoms with E-state index in [2.05, 4.69) is 5.32 Å². The highest BCUT2D eigenvalue weighted by molar-refractivity contribution is 6.31. The molecule has 7 nitrogen and oxygen atoms in total. The van der Waals surface area contributed by atoms with Gasteiger partial charge in [-0.1, -0.05) is 60.1 Å². The van der Waals surface area contributed by atoms with Crippen LogP contribution in [0.5, 0.6) is 0 Å². The molecule has 0 unspecified atom stereocenters. The lowest BCUT2D eigenvalue weighted by Gasteiger charge is -2.35. The molecule has 2 atom stereocenters. The molecule has 0 saturated carbocycles. The van der Waals surface area contributed by atoms with Gasteiger partial charge in [0.05, 0.1) is 23.9 Å². The fourth-order valence-corrected chi connectivity index (χ4v) is 5.52. The smallest absolute Gasteiger partial charge is 0.322 e. The second-order valence-corrected chi connectivity index (χ2v) is 9.76. The number of benzene rings is 2. The standard InChI is InChI=1S/C27H29ClN4O3/c1-30-22-17-32(26(34)23(22)24(29-27(30)35)19-12-6-7-13-20(19)28)21(16-18-10-4-2-5-11-18)25(33)31-14-8-3-9-15-31/h2,4-7,10-13,21,24H,3,8-9,14-17H2,1H3,(H,29,35)/t21-,24-/m1/s1. The number of urea groups is 1.